The van der Waals surface area contributed by atoms with E-state index in [1.807, 2.05) is 27.7 Å². The Morgan fingerprint density at radius 3 is 1.50 bits per heavy atom. The van der Waals surface area contributed by atoms with Crippen LogP contribution in [0, 0.1) is 87.8 Å². The molecule has 0 spiro atoms. The van der Waals surface area contributed by atoms with Gasteiger partial charge in [0.15, 0.2) is 0 Å². The van der Waals surface area contributed by atoms with E-state index in [0.717, 1.165) is 111 Å². The molecule has 8 aliphatic carbocycles. The maximum absolute atomic E-state index is 12.2. The Kier molecular flexibility index (Phi) is 16.8. The van der Waals surface area contributed by atoms with Gasteiger partial charge in [-0.2, -0.15) is 0 Å². The van der Waals surface area contributed by atoms with Gasteiger partial charge in [0.1, 0.15) is 17.3 Å². The number of Topliss-reactive ketones (excluding diaryl/α,β-unsaturated/α-hetero) is 3. The summed E-state index contributed by atoms with van der Waals surface area (Å²) in [6, 6.07) is 0. The molecule has 0 aliphatic heterocycles. The maximum atomic E-state index is 12.2. The minimum Gasteiger partial charge on any atom is -0.390 e. The number of fused-ring (bicyclic) bond motifs is 10. The van der Waals surface area contributed by atoms with E-state index in [0.29, 0.717) is 40.5 Å². The van der Waals surface area contributed by atoms with Gasteiger partial charge in [0.05, 0.1) is 5.60 Å². The van der Waals surface area contributed by atoms with Gasteiger partial charge < -0.3 is 5.11 Å². The van der Waals surface area contributed by atoms with Gasteiger partial charge >= 0.3 is 0 Å². The number of carbonyl (C=O) groups is 3. The van der Waals surface area contributed by atoms with Crippen LogP contribution < -0.4 is 0 Å². The second-order valence-electron chi connectivity index (χ2n) is 20.8. The van der Waals surface area contributed by atoms with Crippen LogP contribution in [0.15, 0.2) is 0 Å². The highest BCUT2D eigenvalue weighted by Gasteiger charge is 2.59. The average Bonchev–Trinajstić information content (AvgIpc) is 3.66. The summed E-state index contributed by atoms with van der Waals surface area (Å²) >= 11 is 0. The molecule has 8 rings (SSSR count). The van der Waals surface area contributed by atoms with E-state index in [1.165, 1.54) is 70.6 Å². The third-order valence-electron chi connectivity index (χ3n) is 17.5. The summed E-state index contributed by atoms with van der Waals surface area (Å²) in [6.45, 7) is 21.2. The van der Waals surface area contributed by atoms with Crippen molar-refractivity contribution < 1.29 is 19.5 Å². The first-order chi connectivity index (χ1) is 24.6. The van der Waals surface area contributed by atoms with Crippen LogP contribution in [0.3, 0.4) is 0 Å². The second kappa shape index (κ2) is 19.1. The van der Waals surface area contributed by atoms with Gasteiger partial charge in [0.25, 0.3) is 0 Å². The molecule has 0 heterocycles. The van der Waals surface area contributed by atoms with E-state index in [1.54, 1.807) is 0 Å². The van der Waals surface area contributed by atoms with Gasteiger partial charge in [-0.3, -0.25) is 14.4 Å². The van der Waals surface area contributed by atoms with Gasteiger partial charge in [-0.25, -0.2) is 0 Å². The van der Waals surface area contributed by atoms with Gasteiger partial charge in [-0.15, -0.1) is 0 Å². The molecule has 54 heavy (non-hydrogen) atoms. The Morgan fingerprint density at radius 1 is 0.630 bits per heavy atom. The lowest BCUT2D eigenvalue weighted by molar-refractivity contribution is -0.132. The average molecular weight is 755 g/mol. The van der Waals surface area contributed by atoms with Gasteiger partial charge in [-0.05, 0) is 199 Å². The van der Waals surface area contributed by atoms with Crippen molar-refractivity contribution in [1.82, 2.24) is 0 Å². The molecule has 314 valence electrons. The molecule has 4 heteroatoms. The Balaban J connectivity index is 0.000000246. The van der Waals surface area contributed by atoms with E-state index in [9.17, 15) is 19.5 Å². The van der Waals surface area contributed by atoms with Gasteiger partial charge in [0.2, 0.25) is 0 Å². The Hall–Kier alpha value is -1.03. The molecule has 0 bridgehead atoms. The van der Waals surface area contributed by atoms with Gasteiger partial charge in [0, 0.05) is 24.7 Å². The summed E-state index contributed by atoms with van der Waals surface area (Å²) in [5.41, 5.74) is 0.202. The highest BCUT2D eigenvalue weighted by molar-refractivity contribution is 5.80. The topological polar surface area (TPSA) is 71.4 Å². The number of aliphatic hydroxyl groups is 1. The minimum atomic E-state index is -0.371. The van der Waals surface area contributed by atoms with Gasteiger partial charge in [-0.1, -0.05) is 70.2 Å². The fraction of sp³-hybridized carbons (Fsp3) is 0.940. The zero-order valence-corrected chi connectivity index (χ0v) is 35.6. The summed E-state index contributed by atoms with van der Waals surface area (Å²) in [5, 5.41) is 10.8. The Bertz CT molecular complexity index is 1240. The van der Waals surface area contributed by atoms with Crippen LogP contribution in [0.25, 0.3) is 0 Å². The van der Waals surface area contributed by atoms with Crippen molar-refractivity contribution in [3.05, 3.63) is 0 Å². The largest absolute Gasteiger partial charge is 0.390 e. The molecule has 0 radical (unpaired) electrons. The fourth-order valence-electron chi connectivity index (χ4n) is 15.3. The molecule has 1 N–H and O–H groups in total. The highest BCUT2D eigenvalue weighted by Crippen LogP contribution is 2.66. The number of hydrogen-bond acceptors (Lipinski definition) is 4. The smallest absolute Gasteiger partial charge is 0.133 e. The first kappa shape index (κ1) is 47.3. The summed E-state index contributed by atoms with van der Waals surface area (Å²) in [6.07, 6.45) is 22.4. The number of carbonyl (C=O) groups excluding carboxylic acids is 3. The molecule has 0 aromatic rings. The molecule has 8 unspecified atom stereocenters. The summed E-state index contributed by atoms with van der Waals surface area (Å²) in [7, 11) is 0. The zero-order valence-electron chi connectivity index (χ0n) is 35.6. The summed E-state index contributed by atoms with van der Waals surface area (Å²) < 4.78 is 0. The van der Waals surface area contributed by atoms with Crippen molar-refractivity contribution in [2.45, 2.75) is 212 Å². The van der Waals surface area contributed by atoms with E-state index in [-0.39, 0.29) is 25.9 Å². The fourth-order valence-corrected chi connectivity index (χ4v) is 15.3. The molecular weight excluding hydrogens is 665 g/mol. The van der Waals surface area contributed by atoms with Crippen LogP contribution >= 0.6 is 0 Å². The number of rotatable bonds is 3. The van der Waals surface area contributed by atoms with E-state index in [4.69, 9.17) is 0 Å². The summed E-state index contributed by atoms with van der Waals surface area (Å²) in [5.74, 6) is 11.0. The standard InChI is InChI=1S/C22H36O2.C20H30O2.C4H10.C2H6.2CH4/c1-4-22(24)12-10-16-15(13-22)5-6-18-17(16)9-11-21(3)19(14(2)23)7-8-20(18)21;1-12(21)18-7-8-19-17-5-3-13-11-14(22)4-6-15(13)16(17)9-10-20(18,19)2;1-4(2)3;1-2;;/h15-20,24H,4-13H2,1-3H3;13,15-19H,3-11H2,1-2H3;4H,1-3H3;1-2H3;2*1H4/t15?,16-,17?,18?,19+,20?,21+,22+;13?,15-,16?,17?,18+,19?,20+;;;;/m00..../s1. The van der Waals surface area contributed by atoms with Crippen LogP contribution in [-0.2, 0) is 14.4 Å². The SMILES string of the molecule is C.C.CC.CC(=O)[C@H]1CCC2C3CCC4CC(=O)CC[C@@H]4C3CC[C@@]21C.CC(C)C.CC[C@@]1(O)CC[C@H]2C(CCC3C2CC[C@@]2(C)C3CC[C@@H]2C(C)=O)C1. The molecule has 8 aliphatic rings. The lowest BCUT2D eigenvalue weighted by Crippen LogP contribution is -2.51. The van der Waals surface area contributed by atoms with E-state index < -0.39 is 0 Å². The van der Waals surface area contributed by atoms with Crippen molar-refractivity contribution >= 4 is 17.3 Å². The van der Waals surface area contributed by atoms with E-state index >= 15 is 0 Å². The minimum absolute atomic E-state index is 0. The predicted molar refractivity (Wildman–Crippen MR) is 228 cm³/mol. The molecule has 0 saturated heterocycles. The van der Waals surface area contributed by atoms with Crippen molar-refractivity contribution in [1.29, 1.82) is 0 Å². The Labute approximate surface area is 335 Å². The summed E-state index contributed by atoms with van der Waals surface area (Å²) in [4.78, 5) is 36.1. The molecule has 0 aromatic carbocycles. The molecule has 0 aromatic heterocycles. The van der Waals surface area contributed by atoms with Crippen LogP contribution in [0.4, 0.5) is 0 Å². The molecule has 8 saturated carbocycles. The lowest BCUT2D eigenvalue weighted by atomic mass is 9.48. The quantitative estimate of drug-likeness (QED) is 0.311. The zero-order chi connectivity index (χ0) is 38.2. The predicted octanol–water partition coefficient (Wildman–Crippen LogP) is 13.4. The molecular formula is C50H90O4. The molecule has 4 nitrogen and oxygen atoms in total. The van der Waals surface area contributed by atoms with Crippen LogP contribution in [0.5, 0.6) is 0 Å². The van der Waals surface area contributed by atoms with Crippen molar-refractivity contribution in [2.75, 3.05) is 0 Å². The van der Waals surface area contributed by atoms with E-state index in [2.05, 4.69) is 41.5 Å². The third-order valence-corrected chi connectivity index (χ3v) is 17.5. The van der Waals surface area contributed by atoms with Crippen LogP contribution in [-0.4, -0.2) is 28.1 Å². The van der Waals surface area contributed by atoms with Crippen molar-refractivity contribution in [2.24, 2.45) is 87.8 Å². The van der Waals surface area contributed by atoms with Crippen LogP contribution in [0.2, 0.25) is 0 Å². The Morgan fingerprint density at radius 2 is 1.06 bits per heavy atom. The number of ketones is 3. The highest BCUT2D eigenvalue weighted by atomic mass is 16.3. The first-order valence-electron chi connectivity index (χ1n) is 22.9. The second-order valence-corrected chi connectivity index (χ2v) is 20.8. The molecule has 15 atom stereocenters. The number of hydrogen-bond donors (Lipinski definition) is 1. The molecule has 8 fully saturated rings. The third kappa shape index (κ3) is 9.15. The monoisotopic (exact) mass is 755 g/mol. The van der Waals surface area contributed by atoms with Crippen molar-refractivity contribution in [3.63, 3.8) is 0 Å². The normalized spacial score (nSPS) is 45.4. The van der Waals surface area contributed by atoms with Crippen molar-refractivity contribution in [3.8, 4) is 0 Å². The lowest BCUT2D eigenvalue weighted by Gasteiger charge is -2.57. The first-order valence-corrected chi connectivity index (χ1v) is 22.9. The van der Waals surface area contributed by atoms with Crippen LogP contribution in [0.1, 0.15) is 206 Å². The maximum Gasteiger partial charge on any atom is 0.133 e. The molecule has 0 amide bonds.